The van der Waals surface area contributed by atoms with Crippen molar-refractivity contribution >= 4 is 0 Å². The van der Waals surface area contributed by atoms with Crippen LogP contribution in [0.1, 0.15) is 22.0 Å². The Balaban J connectivity index is 2.59. The van der Waals surface area contributed by atoms with Crippen LogP contribution in [0.3, 0.4) is 0 Å². The van der Waals surface area contributed by atoms with Crippen LogP contribution in [0.15, 0.2) is 12.2 Å². The Bertz CT molecular complexity index is 105. The highest BCUT2D eigenvalue weighted by atomic mass is 14.1. The van der Waals surface area contributed by atoms with Gasteiger partial charge in [0.15, 0.2) is 0 Å². The van der Waals surface area contributed by atoms with E-state index in [1.165, 1.54) is 0 Å². The molecule has 0 N–H and O–H groups in total. The van der Waals surface area contributed by atoms with Gasteiger partial charge in [0.2, 0.25) is 0 Å². The molecule has 1 aliphatic carbocycles. The summed E-state index contributed by atoms with van der Waals surface area (Å²) in [5.41, 5.74) is 0.757. The van der Waals surface area contributed by atoms with Crippen LogP contribution >= 0.6 is 0 Å². The van der Waals surface area contributed by atoms with Crippen molar-refractivity contribution in [2.75, 3.05) is 0 Å². The van der Waals surface area contributed by atoms with Gasteiger partial charge in [-0.3, -0.25) is 0 Å². The minimum Gasteiger partial charge on any atom is -0.0999 e. The van der Waals surface area contributed by atoms with Crippen molar-refractivity contribution in [1.82, 2.24) is 0 Å². The maximum Gasteiger partial charge on any atom is 0.0313 e. The lowest BCUT2D eigenvalue weighted by Gasteiger charge is -2.11. The van der Waals surface area contributed by atoms with Crippen LogP contribution in [0.4, 0.5) is 0 Å². The number of allylic oxidation sites excluding steroid dienone is 1. The molecule has 1 aliphatic rings. The molecule has 0 saturated heterocycles. The Morgan fingerprint density at radius 3 is 2.60 bits per heavy atom. The molecular weight excluding hydrogens is 60.1 g/mol. The van der Waals surface area contributed by atoms with E-state index in [2.05, 4.69) is 6.58 Å². The highest BCUT2D eigenvalue weighted by Crippen LogP contribution is 2.21. The van der Waals surface area contributed by atoms with Crippen LogP contribution in [0.5, 0.6) is 0 Å². The lowest BCUT2D eigenvalue weighted by atomic mass is 9.95. The van der Waals surface area contributed by atoms with Gasteiger partial charge in [-0.05, 0) is 19.2 Å². The smallest absolute Gasteiger partial charge is 0.0313 e. The fraction of sp³-hybridized carbons (Fsp3) is 0.600. The van der Waals surface area contributed by atoms with E-state index < -0.39 is 6.37 Å². The Morgan fingerprint density at radius 1 is 2.00 bits per heavy atom. The molecule has 0 aromatic heterocycles. The van der Waals surface area contributed by atoms with Gasteiger partial charge in [-0.2, -0.15) is 0 Å². The normalized spacial score (nSPS) is 38.0. The molecule has 0 nitrogen and oxygen atoms in total. The zero-order chi connectivity index (χ0) is 5.49. The van der Waals surface area contributed by atoms with Crippen LogP contribution in [-0.2, 0) is 0 Å². The van der Waals surface area contributed by atoms with Gasteiger partial charge in [-0.25, -0.2) is 0 Å². The molecule has 28 valence electrons. The van der Waals surface area contributed by atoms with Crippen molar-refractivity contribution in [1.29, 1.82) is 0 Å². The molecule has 0 unspecified atom stereocenters. The van der Waals surface area contributed by atoms with Crippen LogP contribution in [0.25, 0.3) is 0 Å². The van der Waals surface area contributed by atoms with Gasteiger partial charge in [0.1, 0.15) is 0 Å². The maximum atomic E-state index is 7.04. The number of hydrogen-bond acceptors (Lipinski definition) is 0. The van der Waals surface area contributed by atoms with E-state index >= 15 is 0 Å². The van der Waals surface area contributed by atoms with E-state index in [1.54, 1.807) is 0 Å². The lowest BCUT2D eigenvalue weighted by molar-refractivity contribution is 0.667. The fourth-order valence-electron chi connectivity index (χ4n) is 0.302. The van der Waals surface area contributed by atoms with Gasteiger partial charge in [0, 0.05) is 2.74 Å². The quantitative estimate of drug-likeness (QED) is 0.381. The number of hydrogen-bond donors (Lipinski definition) is 0. The predicted molar refractivity (Wildman–Crippen MR) is 23.0 cm³/mol. The van der Waals surface area contributed by atoms with Crippen LogP contribution in [0, 0.1) is 0 Å². The summed E-state index contributed by atoms with van der Waals surface area (Å²) in [6.07, 6.45) is 0.541. The van der Waals surface area contributed by atoms with Gasteiger partial charge in [0.05, 0.1) is 0 Å². The van der Waals surface area contributed by atoms with E-state index in [1.807, 2.05) is 0 Å². The maximum absolute atomic E-state index is 7.04. The molecule has 0 spiro atoms. The molecule has 0 aromatic carbocycles. The Hall–Kier alpha value is -0.260. The zero-order valence-corrected chi connectivity index (χ0v) is 3.12. The SMILES string of the molecule is [2H]C1([2H])CCC1=C. The summed E-state index contributed by atoms with van der Waals surface area (Å²) in [5, 5.41) is 0. The van der Waals surface area contributed by atoms with Crippen molar-refractivity contribution in [3.05, 3.63) is 12.2 Å². The third kappa shape index (κ3) is 0.344. The van der Waals surface area contributed by atoms with E-state index in [4.69, 9.17) is 2.74 Å². The first-order valence-electron chi connectivity index (χ1n) is 2.81. The minimum atomic E-state index is -1.01. The number of rotatable bonds is 0. The average Bonchev–Trinajstić information content (AvgIpc) is 1.63. The third-order valence-corrected chi connectivity index (χ3v) is 0.802. The Labute approximate surface area is 35.3 Å². The second-order valence-electron chi connectivity index (χ2n) is 1.28. The molecule has 0 heterocycles. The van der Waals surface area contributed by atoms with Crippen molar-refractivity contribution in [3.63, 3.8) is 0 Å². The van der Waals surface area contributed by atoms with E-state index in [9.17, 15) is 0 Å². The van der Waals surface area contributed by atoms with Crippen molar-refractivity contribution < 1.29 is 2.74 Å². The van der Waals surface area contributed by atoms with Crippen LogP contribution in [-0.4, -0.2) is 0 Å². The molecule has 0 heteroatoms. The first-order chi connectivity index (χ1) is 3.13. The van der Waals surface area contributed by atoms with Crippen LogP contribution < -0.4 is 0 Å². The molecule has 1 rings (SSSR count). The van der Waals surface area contributed by atoms with Crippen LogP contribution in [0.2, 0.25) is 0 Å². The van der Waals surface area contributed by atoms with Gasteiger partial charge >= 0.3 is 0 Å². The highest BCUT2D eigenvalue weighted by Gasteiger charge is 2.02. The molecule has 0 atom stereocenters. The second kappa shape index (κ2) is 0.852. The predicted octanol–water partition coefficient (Wildman–Crippen LogP) is 1.73. The molecular formula is C5H8. The monoisotopic (exact) mass is 70.1 g/mol. The average molecular weight is 70.1 g/mol. The molecule has 0 radical (unpaired) electrons. The first kappa shape index (κ1) is 1.46. The lowest BCUT2D eigenvalue weighted by Crippen LogP contribution is -1.92. The molecule has 1 saturated carbocycles. The highest BCUT2D eigenvalue weighted by molar-refractivity contribution is 5.01. The summed E-state index contributed by atoms with van der Waals surface area (Å²) in [5.74, 6) is 0. The van der Waals surface area contributed by atoms with Crippen molar-refractivity contribution in [3.8, 4) is 0 Å². The minimum absolute atomic E-state index is 0.672. The molecule has 5 heavy (non-hydrogen) atoms. The van der Waals surface area contributed by atoms with Gasteiger partial charge in [-0.1, -0.05) is 12.2 Å². The molecule has 0 aromatic rings. The second-order valence-corrected chi connectivity index (χ2v) is 1.28. The van der Waals surface area contributed by atoms with Gasteiger partial charge in [-0.15, -0.1) is 0 Å². The Kier molecular flexibility index (Phi) is 0.249. The van der Waals surface area contributed by atoms with E-state index in [0.717, 1.165) is 12.0 Å². The van der Waals surface area contributed by atoms with E-state index in [-0.39, 0.29) is 0 Å². The molecule has 0 amide bonds. The molecule has 0 aliphatic heterocycles. The van der Waals surface area contributed by atoms with Crippen molar-refractivity contribution in [2.24, 2.45) is 0 Å². The Morgan fingerprint density at radius 2 is 2.60 bits per heavy atom. The zero-order valence-electron chi connectivity index (χ0n) is 5.12. The third-order valence-electron chi connectivity index (χ3n) is 0.802. The summed E-state index contributed by atoms with van der Waals surface area (Å²) in [7, 11) is 0. The molecule has 1 fully saturated rings. The summed E-state index contributed by atoms with van der Waals surface area (Å²) < 4.78 is 14.1. The van der Waals surface area contributed by atoms with E-state index in [0.29, 0.717) is 6.42 Å². The first-order valence-corrected chi connectivity index (χ1v) is 1.81. The topological polar surface area (TPSA) is 0 Å². The largest absolute Gasteiger partial charge is 0.0999 e. The summed E-state index contributed by atoms with van der Waals surface area (Å²) in [4.78, 5) is 0. The summed E-state index contributed by atoms with van der Waals surface area (Å²) in [6, 6.07) is 0. The van der Waals surface area contributed by atoms with Gasteiger partial charge < -0.3 is 0 Å². The summed E-state index contributed by atoms with van der Waals surface area (Å²) >= 11 is 0. The van der Waals surface area contributed by atoms with Crippen molar-refractivity contribution in [2.45, 2.75) is 19.2 Å². The standard InChI is InChI=1S/C5H8/c1-5-3-2-4-5/h1-4H2/i3D2. The fourth-order valence-corrected chi connectivity index (χ4v) is 0.302. The van der Waals surface area contributed by atoms with Gasteiger partial charge in [0.25, 0.3) is 0 Å². The summed E-state index contributed by atoms with van der Waals surface area (Å²) in [6.45, 7) is 3.54. The molecule has 0 bridgehead atoms.